The van der Waals surface area contributed by atoms with Crippen LogP contribution < -0.4 is 0 Å². The van der Waals surface area contributed by atoms with E-state index in [0.717, 1.165) is 19.3 Å². The van der Waals surface area contributed by atoms with Gasteiger partial charge in [-0.25, -0.2) is 0 Å². The number of allylic oxidation sites excluding steroid dienone is 1. The van der Waals surface area contributed by atoms with Crippen LogP contribution in [0.4, 0.5) is 0 Å². The van der Waals surface area contributed by atoms with Crippen LogP contribution in [-0.2, 0) is 11.2 Å². The van der Waals surface area contributed by atoms with Crippen LogP contribution in [0.5, 0.6) is 0 Å². The predicted octanol–water partition coefficient (Wildman–Crippen LogP) is 3.66. The minimum absolute atomic E-state index is 0.187. The standard InChI is InChI=1S/C19H19NO/c1-15-7-9-17(10-8-15)19-18-6-3-2-5-16(18)11-13-20(19)12-4-14-21/h2-10,12,14,19H,11,13H2,1H3. The highest BCUT2D eigenvalue weighted by molar-refractivity contribution is 5.64. The first-order valence-electron chi connectivity index (χ1n) is 7.31. The van der Waals surface area contributed by atoms with Gasteiger partial charge in [0.15, 0.2) is 0 Å². The van der Waals surface area contributed by atoms with Gasteiger partial charge in [0.05, 0.1) is 6.04 Å². The molecule has 0 radical (unpaired) electrons. The maximum Gasteiger partial charge on any atom is 0.144 e. The normalized spacial score (nSPS) is 17.8. The molecule has 0 spiro atoms. The van der Waals surface area contributed by atoms with E-state index in [1.807, 2.05) is 6.20 Å². The van der Waals surface area contributed by atoms with Crippen molar-refractivity contribution in [1.82, 2.24) is 4.90 Å². The lowest BCUT2D eigenvalue weighted by Crippen LogP contribution is -2.32. The lowest BCUT2D eigenvalue weighted by molar-refractivity contribution is -0.104. The minimum atomic E-state index is 0.187. The molecule has 0 aliphatic carbocycles. The van der Waals surface area contributed by atoms with Crippen molar-refractivity contribution >= 4 is 6.29 Å². The summed E-state index contributed by atoms with van der Waals surface area (Å²) in [5, 5.41) is 0. The van der Waals surface area contributed by atoms with E-state index < -0.39 is 0 Å². The van der Waals surface area contributed by atoms with E-state index in [-0.39, 0.29) is 6.04 Å². The minimum Gasteiger partial charge on any atom is -0.366 e. The SMILES string of the molecule is Cc1ccc(C2c3ccccc3CCN2C=CC=O)cc1. The summed E-state index contributed by atoms with van der Waals surface area (Å²) in [7, 11) is 0. The maximum absolute atomic E-state index is 10.7. The Bertz CT molecular complexity index is 658. The molecule has 106 valence electrons. The molecule has 1 aliphatic heterocycles. The second-order valence-electron chi connectivity index (χ2n) is 5.48. The molecular formula is C19H19NO. The van der Waals surface area contributed by atoms with Crippen LogP contribution in [0.3, 0.4) is 0 Å². The van der Waals surface area contributed by atoms with Gasteiger partial charge in [0.25, 0.3) is 0 Å². The molecule has 1 aliphatic rings. The van der Waals surface area contributed by atoms with Gasteiger partial charge in [-0.15, -0.1) is 0 Å². The summed E-state index contributed by atoms with van der Waals surface area (Å²) in [5.74, 6) is 0. The van der Waals surface area contributed by atoms with E-state index in [0.29, 0.717) is 0 Å². The molecule has 0 saturated heterocycles. The topological polar surface area (TPSA) is 20.3 Å². The molecule has 2 heteroatoms. The maximum atomic E-state index is 10.7. The Kier molecular flexibility index (Phi) is 3.87. The number of nitrogens with zero attached hydrogens (tertiary/aromatic N) is 1. The molecule has 0 saturated carbocycles. The Hall–Kier alpha value is -2.35. The summed E-state index contributed by atoms with van der Waals surface area (Å²) in [6.45, 7) is 3.03. The Labute approximate surface area is 125 Å². The van der Waals surface area contributed by atoms with Crippen molar-refractivity contribution in [2.75, 3.05) is 6.54 Å². The van der Waals surface area contributed by atoms with Crippen molar-refractivity contribution in [3.63, 3.8) is 0 Å². The molecule has 1 atom stereocenters. The van der Waals surface area contributed by atoms with Crippen molar-refractivity contribution in [2.24, 2.45) is 0 Å². The number of hydrogen-bond donors (Lipinski definition) is 0. The van der Waals surface area contributed by atoms with Crippen LogP contribution in [0.1, 0.15) is 28.3 Å². The molecule has 2 aromatic rings. The van der Waals surface area contributed by atoms with Gasteiger partial charge in [-0.05, 0) is 36.1 Å². The number of fused-ring (bicyclic) bond motifs is 1. The number of benzene rings is 2. The van der Waals surface area contributed by atoms with Gasteiger partial charge in [0, 0.05) is 12.7 Å². The van der Waals surface area contributed by atoms with Gasteiger partial charge in [0.2, 0.25) is 0 Å². The molecule has 0 amide bonds. The predicted molar refractivity (Wildman–Crippen MR) is 85.1 cm³/mol. The van der Waals surface area contributed by atoms with E-state index in [9.17, 15) is 4.79 Å². The van der Waals surface area contributed by atoms with E-state index in [1.54, 1.807) is 6.08 Å². The second kappa shape index (κ2) is 5.96. The molecule has 3 rings (SSSR count). The average molecular weight is 277 g/mol. The van der Waals surface area contributed by atoms with Crippen LogP contribution in [0, 0.1) is 6.92 Å². The molecular weight excluding hydrogens is 258 g/mol. The Balaban J connectivity index is 2.07. The summed E-state index contributed by atoms with van der Waals surface area (Å²) >= 11 is 0. The van der Waals surface area contributed by atoms with Gasteiger partial charge in [-0.3, -0.25) is 4.79 Å². The lowest BCUT2D eigenvalue weighted by Gasteiger charge is -2.37. The summed E-state index contributed by atoms with van der Waals surface area (Å²) in [6.07, 6.45) is 5.34. The molecule has 21 heavy (non-hydrogen) atoms. The summed E-state index contributed by atoms with van der Waals surface area (Å²) in [4.78, 5) is 12.9. The fraction of sp³-hybridized carbons (Fsp3) is 0.211. The van der Waals surface area contributed by atoms with Crippen LogP contribution in [0.25, 0.3) is 0 Å². The summed E-state index contributed by atoms with van der Waals surface area (Å²) in [5.41, 5.74) is 5.27. The lowest BCUT2D eigenvalue weighted by atomic mass is 9.88. The van der Waals surface area contributed by atoms with Gasteiger partial charge in [-0.2, -0.15) is 0 Å². The van der Waals surface area contributed by atoms with Gasteiger partial charge < -0.3 is 4.90 Å². The molecule has 2 nitrogen and oxygen atoms in total. The van der Waals surface area contributed by atoms with E-state index in [4.69, 9.17) is 0 Å². The average Bonchev–Trinajstić information content (AvgIpc) is 2.53. The summed E-state index contributed by atoms with van der Waals surface area (Å²) < 4.78 is 0. The number of carbonyl (C=O) groups excluding carboxylic acids is 1. The van der Waals surface area contributed by atoms with Crippen LogP contribution in [-0.4, -0.2) is 17.7 Å². The monoisotopic (exact) mass is 277 g/mol. The van der Waals surface area contributed by atoms with Gasteiger partial charge in [-0.1, -0.05) is 54.1 Å². The Morgan fingerprint density at radius 3 is 2.62 bits per heavy atom. The smallest absolute Gasteiger partial charge is 0.144 e. The first-order valence-corrected chi connectivity index (χ1v) is 7.31. The molecule has 0 N–H and O–H groups in total. The molecule has 2 aromatic carbocycles. The first kappa shape index (κ1) is 13.6. The first-order chi connectivity index (χ1) is 10.3. The van der Waals surface area contributed by atoms with E-state index >= 15 is 0 Å². The zero-order valence-corrected chi connectivity index (χ0v) is 12.2. The van der Waals surface area contributed by atoms with Crippen LogP contribution in [0.15, 0.2) is 60.8 Å². The molecule has 1 unspecified atom stereocenters. The second-order valence-corrected chi connectivity index (χ2v) is 5.48. The molecule has 0 aromatic heterocycles. The van der Waals surface area contributed by atoms with Gasteiger partial charge in [0.1, 0.15) is 6.29 Å². The number of carbonyl (C=O) groups is 1. The van der Waals surface area contributed by atoms with E-state index in [1.165, 1.54) is 22.3 Å². The largest absolute Gasteiger partial charge is 0.366 e. The number of rotatable bonds is 3. The number of aryl methyl sites for hydroxylation is 1. The van der Waals surface area contributed by atoms with Crippen molar-refractivity contribution in [2.45, 2.75) is 19.4 Å². The van der Waals surface area contributed by atoms with Crippen molar-refractivity contribution in [3.05, 3.63) is 83.1 Å². The fourth-order valence-corrected chi connectivity index (χ4v) is 3.01. The van der Waals surface area contributed by atoms with Crippen LogP contribution in [0.2, 0.25) is 0 Å². The van der Waals surface area contributed by atoms with Crippen molar-refractivity contribution in [1.29, 1.82) is 0 Å². The molecule has 1 heterocycles. The Morgan fingerprint density at radius 1 is 1.10 bits per heavy atom. The fourth-order valence-electron chi connectivity index (χ4n) is 3.01. The zero-order valence-electron chi connectivity index (χ0n) is 12.2. The highest BCUT2D eigenvalue weighted by Crippen LogP contribution is 2.35. The zero-order chi connectivity index (χ0) is 14.7. The third-order valence-corrected chi connectivity index (χ3v) is 4.07. The van der Waals surface area contributed by atoms with E-state index in [2.05, 4.69) is 60.4 Å². The summed E-state index contributed by atoms with van der Waals surface area (Å²) in [6, 6.07) is 17.4. The Morgan fingerprint density at radius 2 is 1.86 bits per heavy atom. The third kappa shape index (κ3) is 2.75. The number of hydrogen-bond acceptors (Lipinski definition) is 2. The highest BCUT2D eigenvalue weighted by Gasteiger charge is 2.26. The highest BCUT2D eigenvalue weighted by atomic mass is 16.1. The molecule has 0 bridgehead atoms. The van der Waals surface area contributed by atoms with Crippen molar-refractivity contribution in [3.8, 4) is 0 Å². The number of aldehydes is 1. The van der Waals surface area contributed by atoms with Gasteiger partial charge >= 0.3 is 0 Å². The van der Waals surface area contributed by atoms with Crippen LogP contribution >= 0.6 is 0 Å². The third-order valence-electron chi connectivity index (χ3n) is 4.07. The molecule has 0 fully saturated rings. The quantitative estimate of drug-likeness (QED) is 0.630. The van der Waals surface area contributed by atoms with Crippen molar-refractivity contribution < 1.29 is 4.79 Å².